The summed E-state index contributed by atoms with van der Waals surface area (Å²) in [7, 11) is 4.37. The van der Waals surface area contributed by atoms with Gasteiger partial charge in [-0.15, -0.1) is 0 Å². The van der Waals surface area contributed by atoms with Gasteiger partial charge in [-0.05, 0) is 36.4 Å². The van der Waals surface area contributed by atoms with Crippen LogP contribution in [0.25, 0.3) is 11.4 Å². The molecule has 10 nitrogen and oxygen atoms in total. The molecule has 0 bridgehead atoms. The lowest BCUT2D eigenvalue weighted by Crippen LogP contribution is -2.34. The topological polar surface area (TPSA) is 125 Å². The van der Waals surface area contributed by atoms with Gasteiger partial charge in [0.1, 0.15) is 5.82 Å². The molecule has 3 rings (SSSR count). The summed E-state index contributed by atoms with van der Waals surface area (Å²) in [6.45, 7) is 0.253. The zero-order valence-corrected chi connectivity index (χ0v) is 17.6. The Hall–Kier alpha value is -4.15. The van der Waals surface area contributed by atoms with E-state index in [1.165, 1.54) is 57.7 Å². The number of nitrogens with one attached hydrogen (secondary N) is 2. The molecule has 0 saturated carbocycles. The van der Waals surface area contributed by atoms with Crippen molar-refractivity contribution < 1.29 is 32.7 Å². The number of hydrogen-bond acceptors (Lipinski definition) is 8. The van der Waals surface area contributed by atoms with E-state index in [0.717, 1.165) is 0 Å². The number of carbonyl (C=O) groups is 2. The van der Waals surface area contributed by atoms with Crippen LogP contribution in [0.4, 0.5) is 4.39 Å². The van der Waals surface area contributed by atoms with Gasteiger partial charge in [-0.2, -0.15) is 4.98 Å². The van der Waals surface area contributed by atoms with Crippen molar-refractivity contribution >= 4 is 11.8 Å². The normalized spacial score (nSPS) is 10.4. The molecule has 11 heteroatoms. The number of amides is 2. The highest BCUT2D eigenvalue weighted by Crippen LogP contribution is 2.38. The van der Waals surface area contributed by atoms with Gasteiger partial charge in [0.2, 0.25) is 11.6 Å². The third-order valence-corrected chi connectivity index (χ3v) is 4.35. The Morgan fingerprint density at radius 2 is 1.53 bits per heavy atom. The summed E-state index contributed by atoms with van der Waals surface area (Å²) in [6, 6.07) is 8.49. The van der Waals surface area contributed by atoms with Crippen molar-refractivity contribution in [2.75, 3.05) is 34.4 Å². The van der Waals surface area contributed by atoms with Crippen LogP contribution < -0.4 is 24.8 Å². The first-order valence-corrected chi connectivity index (χ1v) is 9.43. The van der Waals surface area contributed by atoms with Crippen LogP contribution in [0.3, 0.4) is 0 Å². The number of aromatic nitrogens is 2. The van der Waals surface area contributed by atoms with E-state index in [4.69, 9.17) is 18.7 Å². The fourth-order valence-corrected chi connectivity index (χ4v) is 2.77. The highest BCUT2D eigenvalue weighted by atomic mass is 19.1. The lowest BCUT2D eigenvalue weighted by molar-refractivity contribution is 0.0898. The Morgan fingerprint density at radius 1 is 0.938 bits per heavy atom. The fourth-order valence-electron chi connectivity index (χ4n) is 2.77. The molecule has 0 spiro atoms. The third kappa shape index (κ3) is 5.12. The van der Waals surface area contributed by atoms with Gasteiger partial charge >= 0.3 is 11.8 Å². The SMILES string of the molecule is COc1cc(C(=O)NCCNC(=O)c2nc(-c3ccc(F)cc3)no2)cc(OC)c1OC. The van der Waals surface area contributed by atoms with Crippen LogP contribution >= 0.6 is 0 Å². The summed E-state index contributed by atoms with van der Waals surface area (Å²) in [4.78, 5) is 28.6. The maximum absolute atomic E-state index is 13.0. The molecule has 1 heterocycles. The van der Waals surface area contributed by atoms with Gasteiger partial charge in [0, 0.05) is 24.2 Å². The molecule has 0 aliphatic carbocycles. The van der Waals surface area contributed by atoms with Crippen LogP contribution in [-0.4, -0.2) is 56.4 Å². The summed E-state index contributed by atoms with van der Waals surface area (Å²) < 4.78 is 33.6. The zero-order valence-electron chi connectivity index (χ0n) is 17.6. The molecule has 0 aliphatic heterocycles. The summed E-state index contributed by atoms with van der Waals surface area (Å²) in [5.74, 6) is -0.423. The quantitative estimate of drug-likeness (QED) is 0.481. The highest BCUT2D eigenvalue weighted by Gasteiger charge is 2.18. The first-order chi connectivity index (χ1) is 15.5. The van der Waals surface area contributed by atoms with Gasteiger partial charge in [-0.1, -0.05) is 5.16 Å². The molecule has 2 aromatic carbocycles. The first-order valence-electron chi connectivity index (χ1n) is 9.43. The van der Waals surface area contributed by atoms with Crippen molar-refractivity contribution in [1.82, 2.24) is 20.8 Å². The van der Waals surface area contributed by atoms with E-state index in [9.17, 15) is 14.0 Å². The van der Waals surface area contributed by atoms with Crippen molar-refractivity contribution in [2.24, 2.45) is 0 Å². The molecule has 0 fully saturated rings. The summed E-state index contributed by atoms with van der Waals surface area (Å²) >= 11 is 0. The number of halogens is 1. The minimum atomic E-state index is -0.604. The zero-order chi connectivity index (χ0) is 23.1. The molecule has 0 atom stereocenters. The van der Waals surface area contributed by atoms with Crippen LogP contribution in [0.2, 0.25) is 0 Å². The minimum absolute atomic E-state index is 0.114. The number of rotatable bonds is 9. The number of benzene rings is 2. The van der Waals surface area contributed by atoms with Crippen LogP contribution in [0.5, 0.6) is 17.2 Å². The molecule has 0 radical (unpaired) electrons. The van der Waals surface area contributed by atoms with Gasteiger partial charge in [0.25, 0.3) is 5.91 Å². The molecule has 2 N–H and O–H groups in total. The number of ether oxygens (including phenoxy) is 3. The molecule has 0 aliphatic rings. The summed E-state index contributed by atoms with van der Waals surface area (Å²) in [6.07, 6.45) is 0. The lowest BCUT2D eigenvalue weighted by Gasteiger charge is -2.14. The van der Waals surface area contributed by atoms with Crippen LogP contribution in [-0.2, 0) is 0 Å². The molecule has 3 aromatic rings. The van der Waals surface area contributed by atoms with Crippen LogP contribution in [0.15, 0.2) is 40.9 Å². The van der Waals surface area contributed by atoms with Crippen molar-refractivity contribution in [2.45, 2.75) is 0 Å². The Bertz CT molecular complexity index is 1070. The van der Waals surface area contributed by atoms with Crippen LogP contribution in [0, 0.1) is 5.82 Å². The van der Waals surface area contributed by atoms with E-state index in [2.05, 4.69) is 20.8 Å². The van der Waals surface area contributed by atoms with E-state index in [1.807, 2.05) is 0 Å². The summed E-state index contributed by atoms with van der Waals surface area (Å²) in [5, 5.41) is 8.95. The smallest absolute Gasteiger partial charge is 0.316 e. The van der Waals surface area contributed by atoms with Gasteiger partial charge in [-0.25, -0.2) is 4.39 Å². The van der Waals surface area contributed by atoms with E-state index in [0.29, 0.717) is 28.4 Å². The Labute approximate surface area is 182 Å². The van der Waals surface area contributed by atoms with Crippen molar-refractivity contribution in [3.05, 3.63) is 53.7 Å². The van der Waals surface area contributed by atoms with E-state index in [-0.39, 0.29) is 24.8 Å². The predicted octanol–water partition coefficient (Wildman–Crippen LogP) is 2.06. The first kappa shape index (κ1) is 22.5. The van der Waals surface area contributed by atoms with Crippen molar-refractivity contribution in [3.8, 4) is 28.6 Å². The third-order valence-electron chi connectivity index (χ3n) is 4.35. The molecule has 32 heavy (non-hydrogen) atoms. The lowest BCUT2D eigenvalue weighted by atomic mass is 10.1. The van der Waals surface area contributed by atoms with Gasteiger partial charge in [0.15, 0.2) is 11.5 Å². The van der Waals surface area contributed by atoms with Gasteiger partial charge in [-0.3, -0.25) is 9.59 Å². The second-order valence-corrected chi connectivity index (χ2v) is 6.36. The Morgan fingerprint density at radius 3 is 2.09 bits per heavy atom. The number of carbonyl (C=O) groups excluding carboxylic acids is 2. The van der Waals surface area contributed by atoms with Gasteiger partial charge < -0.3 is 29.4 Å². The molecular weight excluding hydrogens is 423 g/mol. The summed E-state index contributed by atoms with van der Waals surface area (Å²) in [5.41, 5.74) is 0.804. The second kappa shape index (κ2) is 10.2. The van der Waals surface area contributed by atoms with Crippen molar-refractivity contribution in [1.29, 1.82) is 0 Å². The largest absolute Gasteiger partial charge is 0.493 e. The van der Waals surface area contributed by atoms with E-state index >= 15 is 0 Å². The monoisotopic (exact) mass is 444 g/mol. The predicted molar refractivity (Wildman–Crippen MR) is 110 cm³/mol. The average Bonchev–Trinajstić information content (AvgIpc) is 3.31. The van der Waals surface area contributed by atoms with Crippen molar-refractivity contribution in [3.63, 3.8) is 0 Å². The highest BCUT2D eigenvalue weighted by molar-refractivity contribution is 5.95. The Balaban J connectivity index is 1.53. The number of methoxy groups -OCH3 is 3. The molecular formula is C21H21FN4O6. The number of nitrogens with zero attached hydrogens (tertiary/aromatic N) is 2. The van der Waals surface area contributed by atoms with E-state index in [1.54, 1.807) is 0 Å². The van der Waals surface area contributed by atoms with E-state index < -0.39 is 17.6 Å². The molecule has 168 valence electrons. The Kier molecular flexibility index (Phi) is 7.21. The second-order valence-electron chi connectivity index (χ2n) is 6.36. The molecule has 1 aromatic heterocycles. The van der Waals surface area contributed by atoms with Gasteiger partial charge in [0.05, 0.1) is 21.3 Å². The molecule has 0 unspecified atom stereocenters. The average molecular weight is 444 g/mol. The maximum Gasteiger partial charge on any atom is 0.316 e. The van der Waals surface area contributed by atoms with Crippen LogP contribution in [0.1, 0.15) is 21.0 Å². The standard InChI is InChI=1S/C21H21FN4O6/c1-29-15-10-13(11-16(30-2)17(15)31-3)19(27)23-8-9-24-20(28)21-25-18(26-32-21)12-4-6-14(22)7-5-12/h4-7,10-11H,8-9H2,1-3H3,(H,23,27)(H,24,28). The fraction of sp³-hybridized carbons (Fsp3) is 0.238. The number of hydrogen-bond donors (Lipinski definition) is 2. The maximum atomic E-state index is 13.0. The molecule has 2 amide bonds. The molecule has 0 saturated heterocycles. The minimum Gasteiger partial charge on any atom is -0.493 e.